The monoisotopic (exact) mass is 327 g/mol. The van der Waals surface area contributed by atoms with Crippen LogP contribution in [-0.2, 0) is 0 Å². The predicted octanol–water partition coefficient (Wildman–Crippen LogP) is -0.334. The Bertz CT molecular complexity index is 107. The van der Waals surface area contributed by atoms with E-state index in [0.717, 1.165) is 0 Å². The van der Waals surface area contributed by atoms with Crippen molar-refractivity contribution < 1.29 is 28.9 Å². The Balaban J connectivity index is 0. The summed E-state index contributed by atoms with van der Waals surface area (Å²) in [5.41, 5.74) is 0. The van der Waals surface area contributed by atoms with Gasteiger partial charge >= 0.3 is 0 Å². The van der Waals surface area contributed by atoms with Crippen molar-refractivity contribution in [2.75, 3.05) is 20.1 Å². The van der Waals surface area contributed by atoms with Crippen LogP contribution in [0.3, 0.4) is 0 Å². The van der Waals surface area contributed by atoms with Gasteiger partial charge in [-0.1, -0.05) is 39.5 Å². The van der Waals surface area contributed by atoms with Crippen molar-refractivity contribution in [3.05, 3.63) is 0 Å². The van der Waals surface area contributed by atoms with Crippen molar-refractivity contribution in [2.24, 2.45) is 0 Å². The predicted molar refractivity (Wildman–Crippen MR) is 64.9 cm³/mol. The van der Waals surface area contributed by atoms with Gasteiger partial charge < -0.3 is 28.9 Å². The molecule has 1 unspecified atom stereocenters. The lowest BCUT2D eigenvalue weighted by atomic mass is 10.1. The fourth-order valence-electron chi connectivity index (χ4n) is 1.83. The zero-order valence-corrected chi connectivity index (χ0v) is 13.1. The maximum Gasteiger partial charge on any atom is 0.0768 e. The third kappa shape index (κ3) is 14.7. The van der Waals surface area contributed by atoms with Gasteiger partial charge in [0.1, 0.15) is 0 Å². The Kier molecular flexibility index (Phi) is 17.7. The molecular formula is C13H30IN. The minimum Gasteiger partial charge on any atom is -1.00 e. The molecule has 0 saturated carbocycles. The first-order chi connectivity index (χ1) is 6.81. The van der Waals surface area contributed by atoms with E-state index in [0.29, 0.717) is 0 Å². The lowest BCUT2D eigenvalue weighted by Gasteiger charge is -2.13. The van der Waals surface area contributed by atoms with E-state index in [1.54, 1.807) is 4.90 Å². The molecule has 0 fully saturated rings. The first-order valence-corrected chi connectivity index (χ1v) is 6.62. The standard InChI is InChI=1S/C13H29N.HI/c1-4-6-8-9-11-13-14(3)12-10-7-5-2;/h4-13H2,1-3H3;1H. The molecule has 2 heteroatoms. The summed E-state index contributed by atoms with van der Waals surface area (Å²) >= 11 is 0. The van der Waals surface area contributed by atoms with Crippen molar-refractivity contribution in [2.45, 2.75) is 65.2 Å². The van der Waals surface area contributed by atoms with E-state index in [1.807, 2.05) is 0 Å². The maximum absolute atomic E-state index is 2.34. The van der Waals surface area contributed by atoms with Crippen LogP contribution in [0.4, 0.5) is 0 Å². The van der Waals surface area contributed by atoms with Crippen LogP contribution in [0.1, 0.15) is 65.2 Å². The highest BCUT2D eigenvalue weighted by Crippen LogP contribution is 2.00. The number of hydrogen-bond acceptors (Lipinski definition) is 0. The molecule has 0 radical (unpaired) electrons. The molecule has 0 aromatic rings. The summed E-state index contributed by atoms with van der Waals surface area (Å²) in [5, 5.41) is 0. The lowest BCUT2D eigenvalue weighted by Crippen LogP contribution is -3.09. The fourth-order valence-corrected chi connectivity index (χ4v) is 1.83. The molecule has 0 aliphatic rings. The van der Waals surface area contributed by atoms with Gasteiger partial charge in [0.05, 0.1) is 20.1 Å². The number of nitrogens with one attached hydrogen (secondary N) is 1. The summed E-state index contributed by atoms with van der Waals surface area (Å²) in [6.45, 7) is 7.32. The van der Waals surface area contributed by atoms with E-state index in [-0.39, 0.29) is 24.0 Å². The second kappa shape index (κ2) is 14.7. The van der Waals surface area contributed by atoms with Crippen molar-refractivity contribution in [3.8, 4) is 0 Å². The van der Waals surface area contributed by atoms with Gasteiger partial charge in [0, 0.05) is 0 Å². The number of unbranched alkanes of at least 4 members (excludes halogenated alkanes) is 6. The Labute approximate surface area is 114 Å². The van der Waals surface area contributed by atoms with E-state index in [4.69, 9.17) is 0 Å². The van der Waals surface area contributed by atoms with Crippen LogP contribution >= 0.6 is 0 Å². The average molecular weight is 327 g/mol. The van der Waals surface area contributed by atoms with Gasteiger partial charge in [-0.3, -0.25) is 0 Å². The van der Waals surface area contributed by atoms with Gasteiger partial charge in [0.2, 0.25) is 0 Å². The molecule has 0 aromatic carbocycles. The highest BCUT2D eigenvalue weighted by Gasteiger charge is 2.00. The Morgan fingerprint density at radius 3 is 1.60 bits per heavy atom. The van der Waals surface area contributed by atoms with Crippen molar-refractivity contribution in [3.63, 3.8) is 0 Å². The molecule has 15 heavy (non-hydrogen) atoms. The normalized spacial score (nSPS) is 12.2. The van der Waals surface area contributed by atoms with Crippen LogP contribution in [0, 0.1) is 0 Å². The lowest BCUT2D eigenvalue weighted by molar-refractivity contribution is -0.880. The molecule has 1 nitrogen and oxygen atoms in total. The van der Waals surface area contributed by atoms with Gasteiger partial charge in [-0.05, 0) is 25.7 Å². The highest BCUT2D eigenvalue weighted by atomic mass is 127. The van der Waals surface area contributed by atoms with Crippen LogP contribution in [0.2, 0.25) is 0 Å². The Morgan fingerprint density at radius 2 is 1.07 bits per heavy atom. The molecule has 0 aliphatic carbocycles. The molecule has 0 aromatic heterocycles. The quantitative estimate of drug-likeness (QED) is 0.414. The number of halogens is 1. The van der Waals surface area contributed by atoms with Crippen LogP contribution in [0.25, 0.3) is 0 Å². The van der Waals surface area contributed by atoms with Crippen molar-refractivity contribution in [1.82, 2.24) is 0 Å². The van der Waals surface area contributed by atoms with Gasteiger partial charge in [0.25, 0.3) is 0 Å². The summed E-state index contributed by atoms with van der Waals surface area (Å²) in [7, 11) is 2.34. The molecular weight excluding hydrogens is 297 g/mol. The molecule has 0 bridgehead atoms. The Morgan fingerprint density at radius 1 is 0.667 bits per heavy atom. The maximum atomic E-state index is 2.34. The van der Waals surface area contributed by atoms with Crippen LogP contribution in [0.15, 0.2) is 0 Å². The zero-order chi connectivity index (χ0) is 10.6. The number of hydrogen-bond donors (Lipinski definition) is 1. The SMILES string of the molecule is CCCCCCC[NH+](C)CCCCC.[I-]. The first-order valence-electron chi connectivity index (χ1n) is 6.62. The molecule has 94 valence electrons. The Hall–Kier alpha value is 0.690. The summed E-state index contributed by atoms with van der Waals surface area (Å²) < 4.78 is 0. The third-order valence-electron chi connectivity index (χ3n) is 2.91. The van der Waals surface area contributed by atoms with Crippen LogP contribution < -0.4 is 28.9 Å². The summed E-state index contributed by atoms with van der Waals surface area (Å²) in [5.74, 6) is 0. The smallest absolute Gasteiger partial charge is 0.0768 e. The number of quaternary nitrogens is 1. The molecule has 0 saturated heterocycles. The van der Waals surface area contributed by atoms with Gasteiger partial charge in [-0.25, -0.2) is 0 Å². The van der Waals surface area contributed by atoms with Gasteiger partial charge in [0.15, 0.2) is 0 Å². The summed E-state index contributed by atoms with van der Waals surface area (Å²) in [6, 6.07) is 0. The first kappa shape index (κ1) is 18.1. The summed E-state index contributed by atoms with van der Waals surface area (Å²) in [4.78, 5) is 1.73. The minimum atomic E-state index is 0. The van der Waals surface area contributed by atoms with Crippen LogP contribution in [-0.4, -0.2) is 20.1 Å². The van der Waals surface area contributed by atoms with Crippen molar-refractivity contribution in [1.29, 1.82) is 0 Å². The highest BCUT2D eigenvalue weighted by molar-refractivity contribution is 4.41. The molecule has 0 aliphatic heterocycles. The molecule has 0 heterocycles. The topological polar surface area (TPSA) is 4.44 Å². The van der Waals surface area contributed by atoms with E-state index < -0.39 is 0 Å². The van der Waals surface area contributed by atoms with E-state index >= 15 is 0 Å². The zero-order valence-electron chi connectivity index (χ0n) is 10.9. The van der Waals surface area contributed by atoms with E-state index in [1.165, 1.54) is 64.5 Å². The fraction of sp³-hybridized carbons (Fsp3) is 1.00. The minimum absolute atomic E-state index is 0. The average Bonchev–Trinajstić information content (AvgIpc) is 2.18. The number of rotatable bonds is 10. The van der Waals surface area contributed by atoms with Crippen LogP contribution in [0.5, 0.6) is 0 Å². The molecule has 0 rings (SSSR count). The molecule has 0 amide bonds. The summed E-state index contributed by atoms with van der Waals surface area (Å²) in [6.07, 6.45) is 11.3. The third-order valence-corrected chi connectivity index (χ3v) is 2.91. The van der Waals surface area contributed by atoms with E-state index in [9.17, 15) is 0 Å². The second-order valence-electron chi connectivity index (χ2n) is 4.58. The van der Waals surface area contributed by atoms with Crippen molar-refractivity contribution >= 4 is 0 Å². The molecule has 1 atom stereocenters. The van der Waals surface area contributed by atoms with Gasteiger partial charge in [-0.15, -0.1) is 0 Å². The van der Waals surface area contributed by atoms with E-state index in [2.05, 4.69) is 20.9 Å². The van der Waals surface area contributed by atoms with Gasteiger partial charge in [-0.2, -0.15) is 0 Å². The second-order valence-corrected chi connectivity index (χ2v) is 4.58. The molecule has 1 N–H and O–H groups in total. The molecule has 0 spiro atoms. The largest absolute Gasteiger partial charge is 1.00 e.